The highest BCUT2D eigenvalue weighted by molar-refractivity contribution is 5.83. The van der Waals surface area contributed by atoms with Gasteiger partial charge in [0, 0.05) is 30.7 Å². The normalized spacial score (nSPS) is 19.5. The maximum atomic E-state index is 15.4. The van der Waals surface area contributed by atoms with Gasteiger partial charge >= 0.3 is 5.97 Å². The predicted molar refractivity (Wildman–Crippen MR) is 132 cm³/mol. The second-order valence-corrected chi connectivity index (χ2v) is 9.39. The first kappa shape index (κ1) is 25.0. The van der Waals surface area contributed by atoms with E-state index in [1.165, 1.54) is 0 Å². The molecule has 1 aliphatic heterocycles. The van der Waals surface area contributed by atoms with Crippen LogP contribution in [0.5, 0.6) is 5.75 Å². The van der Waals surface area contributed by atoms with Crippen LogP contribution in [0.25, 0.3) is 10.9 Å². The standard InChI is InChI=1S/C27H33FN4O3/c1-35-22-5-7-26-24(16-22)23(9-11-29-26)25(28)6-4-20-10-14-32(18-21(20)15-27(33)34)13-2-3-19-8-12-30-31-17-19/h5,7-9,11-12,16-17,20-21,25H,2-4,6,10,13-15,18H2,1H3,(H,33,34)/t20-,21+,25-/m1/s1. The van der Waals surface area contributed by atoms with Crippen LogP contribution < -0.4 is 4.74 Å². The molecule has 0 aliphatic carbocycles. The third-order valence-electron chi connectivity index (χ3n) is 7.11. The van der Waals surface area contributed by atoms with E-state index in [1.807, 2.05) is 24.3 Å². The summed E-state index contributed by atoms with van der Waals surface area (Å²) >= 11 is 0. The number of carboxylic acids is 1. The second-order valence-electron chi connectivity index (χ2n) is 9.39. The number of hydrogen-bond acceptors (Lipinski definition) is 6. The van der Waals surface area contributed by atoms with Gasteiger partial charge in [-0.2, -0.15) is 10.2 Å². The summed E-state index contributed by atoms with van der Waals surface area (Å²) in [5.74, 6) is 0.125. The van der Waals surface area contributed by atoms with Gasteiger partial charge in [-0.25, -0.2) is 4.39 Å². The van der Waals surface area contributed by atoms with Crippen molar-refractivity contribution in [2.75, 3.05) is 26.7 Å². The Hall–Kier alpha value is -3.13. The number of rotatable bonds is 11. The first-order chi connectivity index (χ1) is 17.0. The molecule has 3 aromatic rings. The Morgan fingerprint density at radius 1 is 1.23 bits per heavy atom. The number of benzene rings is 1. The average molecular weight is 481 g/mol. The average Bonchev–Trinajstić information content (AvgIpc) is 2.87. The molecule has 0 unspecified atom stereocenters. The highest BCUT2D eigenvalue weighted by Gasteiger charge is 2.31. The number of piperidine rings is 1. The molecular formula is C27H33FN4O3. The lowest BCUT2D eigenvalue weighted by molar-refractivity contribution is -0.139. The van der Waals surface area contributed by atoms with Gasteiger partial charge in [0.1, 0.15) is 11.9 Å². The Bertz CT molecular complexity index is 1110. The Morgan fingerprint density at radius 2 is 2.11 bits per heavy atom. The van der Waals surface area contributed by atoms with E-state index in [2.05, 4.69) is 20.1 Å². The van der Waals surface area contributed by atoms with Gasteiger partial charge in [0.05, 0.1) is 18.8 Å². The fourth-order valence-corrected chi connectivity index (χ4v) is 5.23. The van der Waals surface area contributed by atoms with Crippen LogP contribution in [0.3, 0.4) is 0 Å². The molecule has 0 bridgehead atoms. The van der Waals surface area contributed by atoms with E-state index in [4.69, 9.17) is 4.74 Å². The number of nitrogens with zero attached hydrogens (tertiary/aromatic N) is 4. The first-order valence-corrected chi connectivity index (χ1v) is 12.3. The third kappa shape index (κ3) is 6.72. The maximum Gasteiger partial charge on any atom is 0.303 e. The van der Waals surface area contributed by atoms with Gasteiger partial charge in [0.25, 0.3) is 0 Å². The number of aryl methyl sites for hydroxylation is 1. The van der Waals surface area contributed by atoms with E-state index in [0.29, 0.717) is 24.2 Å². The van der Waals surface area contributed by atoms with E-state index in [1.54, 1.807) is 31.8 Å². The Labute approximate surface area is 205 Å². The molecule has 35 heavy (non-hydrogen) atoms. The van der Waals surface area contributed by atoms with Gasteiger partial charge in [-0.3, -0.25) is 9.78 Å². The van der Waals surface area contributed by atoms with Crippen molar-refractivity contribution < 1.29 is 19.0 Å². The lowest BCUT2D eigenvalue weighted by Crippen LogP contribution is -2.42. The van der Waals surface area contributed by atoms with Crippen LogP contribution in [-0.4, -0.2) is 57.9 Å². The van der Waals surface area contributed by atoms with Crippen molar-refractivity contribution in [3.8, 4) is 5.75 Å². The van der Waals surface area contributed by atoms with E-state index in [0.717, 1.165) is 55.4 Å². The van der Waals surface area contributed by atoms with Gasteiger partial charge < -0.3 is 14.7 Å². The molecule has 1 aliphatic rings. The van der Waals surface area contributed by atoms with E-state index in [-0.39, 0.29) is 18.3 Å². The van der Waals surface area contributed by atoms with E-state index >= 15 is 4.39 Å². The van der Waals surface area contributed by atoms with Crippen molar-refractivity contribution in [3.05, 3.63) is 60.0 Å². The minimum absolute atomic E-state index is 0.0327. The lowest BCUT2D eigenvalue weighted by atomic mass is 9.79. The number of aromatic nitrogens is 3. The molecule has 1 fully saturated rings. The Morgan fingerprint density at radius 3 is 2.89 bits per heavy atom. The van der Waals surface area contributed by atoms with Gasteiger partial charge in [-0.15, -0.1) is 0 Å². The number of methoxy groups -OCH3 is 1. The second kappa shape index (κ2) is 12.0. The van der Waals surface area contributed by atoms with E-state index in [9.17, 15) is 9.90 Å². The molecule has 4 rings (SSSR count). The molecule has 0 radical (unpaired) electrons. The number of alkyl halides is 1. The highest BCUT2D eigenvalue weighted by Crippen LogP contribution is 2.36. The van der Waals surface area contributed by atoms with Crippen molar-refractivity contribution in [2.24, 2.45) is 11.8 Å². The molecular weight excluding hydrogens is 447 g/mol. The number of carbonyl (C=O) groups is 1. The Kier molecular flexibility index (Phi) is 8.58. The summed E-state index contributed by atoms with van der Waals surface area (Å²) in [6.45, 7) is 2.58. The van der Waals surface area contributed by atoms with E-state index < -0.39 is 12.1 Å². The molecule has 186 valence electrons. The fourth-order valence-electron chi connectivity index (χ4n) is 5.23. The number of aliphatic carboxylic acids is 1. The van der Waals surface area contributed by atoms with Crippen molar-refractivity contribution >= 4 is 16.9 Å². The largest absolute Gasteiger partial charge is 0.497 e. The van der Waals surface area contributed by atoms with Gasteiger partial charge in [0.15, 0.2) is 0 Å². The number of halogens is 1. The van der Waals surface area contributed by atoms with Crippen LogP contribution in [-0.2, 0) is 11.2 Å². The molecule has 1 N–H and O–H groups in total. The zero-order valence-corrected chi connectivity index (χ0v) is 20.1. The number of ether oxygens (including phenoxy) is 1. The minimum Gasteiger partial charge on any atom is -0.497 e. The smallest absolute Gasteiger partial charge is 0.303 e. The van der Waals surface area contributed by atoms with Crippen LogP contribution in [0.4, 0.5) is 4.39 Å². The fraction of sp³-hybridized carbons (Fsp3) is 0.481. The molecule has 1 saturated heterocycles. The summed E-state index contributed by atoms with van der Waals surface area (Å²) in [4.78, 5) is 18.3. The van der Waals surface area contributed by atoms with Crippen molar-refractivity contribution in [3.63, 3.8) is 0 Å². The molecule has 8 heteroatoms. The molecule has 0 spiro atoms. The minimum atomic E-state index is -1.13. The van der Waals surface area contributed by atoms with Crippen LogP contribution in [0.2, 0.25) is 0 Å². The van der Waals surface area contributed by atoms with Gasteiger partial charge in [0.2, 0.25) is 0 Å². The highest BCUT2D eigenvalue weighted by atomic mass is 19.1. The molecule has 0 amide bonds. The molecule has 1 aromatic carbocycles. The van der Waals surface area contributed by atoms with Gasteiger partial charge in [-0.1, -0.05) is 0 Å². The SMILES string of the molecule is COc1ccc2nccc([C@H](F)CC[C@@H]3CCN(CCCc4ccnnc4)C[C@@H]3CC(=O)O)c2c1. The molecule has 7 nitrogen and oxygen atoms in total. The molecule has 0 saturated carbocycles. The number of fused-ring (bicyclic) bond motifs is 1. The van der Waals surface area contributed by atoms with Crippen molar-refractivity contribution in [2.45, 2.75) is 44.7 Å². The van der Waals surface area contributed by atoms with Crippen LogP contribution >= 0.6 is 0 Å². The number of likely N-dealkylation sites (tertiary alicyclic amines) is 1. The topological polar surface area (TPSA) is 88.4 Å². The molecule has 2 aromatic heterocycles. The summed E-state index contributed by atoms with van der Waals surface area (Å²) in [6, 6.07) is 9.21. The van der Waals surface area contributed by atoms with Gasteiger partial charge in [-0.05, 0) is 98.5 Å². The number of pyridine rings is 1. The summed E-state index contributed by atoms with van der Waals surface area (Å²) < 4.78 is 20.8. The quantitative estimate of drug-likeness (QED) is 0.419. The van der Waals surface area contributed by atoms with Crippen molar-refractivity contribution in [1.82, 2.24) is 20.1 Å². The first-order valence-electron chi connectivity index (χ1n) is 12.3. The summed E-state index contributed by atoms with van der Waals surface area (Å²) in [7, 11) is 1.59. The van der Waals surface area contributed by atoms with Crippen LogP contribution in [0.1, 0.15) is 49.4 Å². The molecule has 3 heterocycles. The monoisotopic (exact) mass is 480 g/mol. The third-order valence-corrected chi connectivity index (χ3v) is 7.11. The molecule has 3 atom stereocenters. The summed E-state index contributed by atoms with van der Waals surface area (Å²) in [5.41, 5.74) is 2.52. The van der Waals surface area contributed by atoms with Crippen molar-refractivity contribution in [1.29, 1.82) is 0 Å². The maximum absolute atomic E-state index is 15.4. The summed E-state index contributed by atoms with van der Waals surface area (Å²) in [6.07, 6.45) is 7.97. The lowest BCUT2D eigenvalue weighted by Gasteiger charge is -2.38. The van der Waals surface area contributed by atoms with Crippen LogP contribution in [0.15, 0.2) is 48.9 Å². The Balaban J connectivity index is 1.35. The zero-order valence-electron chi connectivity index (χ0n) is 20.1. The number of hydrogen-bond donors (Lipinski definition) is 1. The van der Waals surface area contributed by atoms with Crippen LogP contribution in [0, 0.1) is 11.8 Å². The number of carboxylic acid groups (broad SMARTS) is 1. The summed E-state index contributed by atoms with van der Waals surface area (Å²) in [5, 5.41) is 18.0. The predicted octanol–water partition coefficient (Wildman–Crippen LogP) is 4.87. The zero-order chi connectivity index (χ0) is 24.6.